The molecule has 1 heterocycles. The van der Waals surface area contributed by atoms with E-state index in [2.05, 4.69) is 6.07 Å². The van der Waals surface area contributed by atoms with Gasteiger partial charge in [-0.25, -0.2) is 8.42 Å². The number of hydrogen-bond donors (Lipinski definition) is 1. The second kappa shape index (κ2) is 10.1. The van der Waals surface area contributed by atoms with E-state index in [1.807, 2.05) is 26.0 Å². The maximum atomic E-state index is 13.7. The standard InChI is InChI=1S/C28H30N2O6S/c1-27(2)13-11-22-15-24(9-10-25(22)36-27)37(33,34)30(18-26(31)32)19-28(35-3)12-5-8-23(16-28)21-7-4-6-20(14-21)17-29/h4-10,12,14-15H,11,13,16,18-19H2,1-3H3,(H,31,32). The van der Waals surface area contributed by atoms with E-state index in [0.717, 1.165) is 27.4 Å². The van der Waals surface area contributed by atoms with Crippen LogP contribution in [0, 0.1) is 11.3 Å². The van der Waals surface area contributed by atoms with Gasteiger partial charge >= 0.3 is 5.97 Å². The number of benzene rings is 2. The molecule has 0 saturated carbocycles. The summed E-state index contributed by atoms with van der Waals surface area (Å²) in [5, 5.41) is 18.9. The molecule has 0 aromatic heterocycles. The number of hydrogen-bond acceptors (Lipinski definition) is 6. The van der Waals surface area contributed by atoms with Crippen molar-refractivity contribution in [3.63, 3.8) is 0 Å². The summed E-state index contributed by atoms with van der Waals surface area (Å²) >= 11 is 0. The lowest BCUT2D eigenvalue weighted by Gasteiger charge is -2.37. The fourth-order valence-corrected chi connectivity index (χ4v) is 6.20. The van der Waals surface area contributed by atoms with Gasteiger partial charge in [0, 0.05) is 20.1 Å². The van der Waals surface area contributed by atoms with Crippen molar-refractivity contribution in [2.24, 2.45) is 0 Å². The van der Waals surface area contributed by atoms with Crippen LogP contribution in [0.3, 0.4) is 0 Å². The monoisotopic (exact) mass is 522 g/mol. The summed E-state index contributed by atoms with van der Waals surface area (Å²) in [6.45, 7) is 3.04. The molecule has 0 bridgehead atoms. The Kier molecular flexibility index (Phi) is 7.29. The lowest BCUT2D eigenvalue weighted by atomic mass is 9.85. The number of nitrogens with zero attached hydrogens (tertiary/aromatic N) is 2. The van der Waals surface area contributed by atoms with E-state index in [1.54, 1.807) is 42.5 Å². The summed E-state index contributed by atoms with van der Waals surface area (Å²) in [5.74, 6) is -0.631. The Morgan fingerprint density at radius 1 is 1.24 bits per heavy atom. The second-order valence-electron chi connectivity index (χ2n) is 9.99. The van der Waals surface area contributed by atoms with Gasteiger partial charge in [0.15, 0.2) is 0 Å². The highest BCUT2D eigenvalue weighted by Crippen LogP contribution is 2.37. The SMILES string of the molecule is COC1(CN(CC(=O)O)S(=O)(=O)c2ccc3c(c2)CCC(C)(C)O3)C=CC=C(c2cccc(C#N)c2)C1. The normalized spacial score (nSPS) is 20.5. The fraction of sp³-hybridized carbons (Fsp3) is 0.357. The highest BCUT2D eigenvalue weighted by molar-refractivity contribution is 7.89. The third-order valence-electron chi connectivity index (χ3n) is 6.76. The number of sulfonamides is 1. The number of fused-ring (bicyclic) bond motifs is 1. The minimum absolute atomic E-state index is 0.0133. The molecule has 9 heteroatoms. The van der Waals surface area contributed by atoms with Gasteiger partial charge in [0.2, 0.25) is 10.0 Å². The van der Waals surface area contributed by atoms with Crippen LogP contribution in [-0.2, 0) is 26.0 Å². The molecule has 2 aromatic rings. The maximum Gasteiger partial charge on any atom is 0.318 e. The number of nitriles is 1. The fourth-order valence-electron chi connectivity index (χ4n) is 4.70. The van der Waals surface area contributed by atoms with Crippen LogP contribution in [0.4, 0.5) is 0 Å². The van der Waals surface area contributed by atoms with Crippen LogP contribution in [0.25, 0.3) is 5.57 Å². The summed E-state index contributed by atoms with van der Waals surface area (Å²) in [6.07, 6.45) is 7.10. The summed E-state index contributed by atoms with van der Waals surface area (Å²) in [7, 11) is -2.70. The quantitative estimate of drug-likeness (QED) is 0.553. The van der Waals surface area contributed by atoms with E-state index >= 15 is 0 Å². The first-order chi connectivity index (χ1) is 17.5. The van der Waals surface area contributed by atoms with Crippen molar-refractivity contribution in [2.45, 2.75) is 49.2 Å². The molecular weight excluding hydrogens is 492 g/mol. The van der Waals surface area contributed by atoms with Gasteiger partial charge in [-0.05, 0) is 73.7 Å². The first kappa shape index (κ1) is 26.6. The highest BCUT2D eigenvalue weighted by Gasteiger charge is 2.39. The Morgan fingerprint density at radius 3 is 2.73 bits per heavy atom. The van der Waals surface area contributed by atoms with Gasteiger partial charge in [-0.3, -0.25) is 4.79 Å². The molecule has 0 saturated heterocycles. The topological polar surface area (TPSA) is 117 Å². The highest BCUT2D eigenvalue weighted by atomic mass is 32.2. The van der Waals surface area contributed by atoms with Gasteiger partial charge in [0.1, 0.15) is 23.5 Å². The van der Waals surface area contributed by atoms with Gasteiger partial charge in [0.05, 0.1) is 16.5 Å². The Morgan fingerprint density at radius 2 is 2.03 bits per heavy atom. The average Bonchev–Trinajstić information content (AvgIpc) is 2.87. The van der Waals surface area contributed by atoms with Crippen molar-refractivity contribution < 1.29 is 27.8 Å². The number of carbonyl (C=O) groups is 1. The van der Waals surface area contributed by atoms with E-state index < -0.39 is 28.1 Å². The lowest BCUT2D eigenvalue weighted by Crippen LogP contribution is -2.48. The zero-order chi connectivity index (χ0) is 26.8. The number of rotatable bonds is 8. The predicted molar refractivity (Wildman–Crippen MR) is 138 cm³/mol. The van der Waals surface area contributed by atoms with Crippen molar-refractivity contribution >= 4 is 21.6 Å². The summed E-state index contributed by atoms with van der Waals surface area (Å²) in [6, 6.07) is 13.9. The molecule has 0 spiro atoms. The van der Waals surface area contributed by atoms with Crippen molar-refractivity contribution in [3.05, 3.63) is 77.4 Å². The van der Waals surface area contributed by atoms with Crippen LogP contribution in [0.15, 0.2) is 65.6 Å². The molecule has 1 aliphatic carbocycles. The Hall–Kier alpha value is -3.45. The largest absolute Gasteiger partial charge is 0.488 e. The average molecular weight is 523 g/mol. The van der Waals surface area contributed by atoms with Crippen LogP contribution in [0.5, 0.6) is 5.75 Å². The molecule has 0 fully saturated rings. The molecule has 2 aliphatic rings. The van der Waals surface area contributed by atoms with Crippen LogP contribution >= 0.6 is 0 Å². The zero-order valence-electron chi connectivity index (χ0n) is 21.1. The number of carboxylic acid groups (broad SMARTS) is 1. The third kappa shape index (κ3) is 5.77. The minimum atomic E-state index is -4.18. The van der Waals surface area contributed by atoms with Crippen LogP contribution in [0.1, 0.15) is 43.4 Å². The van der Waals surface area contributed by atoms with Crippen LogP contribution < -0.4 is 4.74 Å². The van der Waals surface area contributed by atoms with Crippen molar-refractivity contribution in [3.8, 4) is 11.8 Å². The van der Waals surface area contributed by atoms with Gasteiger partial charge in [-0.15, -0.1) is 0 Å². The molecule has 1 unspecified atom stereocenters. The smallest absolute Gasteiger partial charge is 0.318 e. The minimum Gasteiger partial charge on any atom is -0.488 e. The molecule has 0 radical (unpaired) electrons. The molecule has 1 atom stereocenters. The Bertz CT molecular complexity index is 1420. The van der Waals surface area contributed by atoms with Crippen LogP contribution in [0.2, 0.25) is 0 Å². The van der Waals surface area contributed by atoms with Gasteiger partial charge in [-0.1, -0.05) is 30.4 Å². The van der Waals surface area contributed by atoms with E-state index in [1.165, 1.54) is 13.2 Å². The third-order valence-corrected chi connectivity index (χ3v) is 8.55. The summed E-state index contributed by atoms with van der Waals surface area (Å²) in [4.78, 5) is 11.8. The number of methoxy groups -OCH3 is 1. The van der Waals surface area contributed by atoms with Gasteiger partial charge in [0.25, 0.3) is 0 Å². The molecule has 1 N–H and O–H groups in total. The van der Waals surface area contributed by atoms with E-state index in [0.29, 0.717) is 24.2 Å². The number of aliphatic carboxylic acids is 1. The first-order valence-corrected chi connectivity index (χ1v) is 13.4. The molecule has 0 amide bonds. The van der Waals surface area contributed by atoms with E-state index in [4.69, 9.17) is 9.47 Å². The molecule has 194 valence electrons. The molecule has 8 nitrogen and oxygen atoms in total. The number of carboxylic acids is 1. The first-order valence-electron chi connectivity index (χ1n) is 11.9. The van der Waals surface area contributed by atoms with Crippen molar-refractivity contribution in [2.75, 3.05) is 20.2 Å². The molecule has 1 aliphatic heterocycles. The Labute approximate surface area is 217 Å². The number of allylic oxidation sites excluding steroid dienone is 2. The summed E-state index contributed by atoms with van der Waals surface area (Å²) < 4.78 is 40.2. The maximum absolute atomic E-state index is 13.7. The van der Waals surface area contributed by atoms with Crippen LogP contribution in [-0.4, -0.2) is 55.2 Å². The lowest BCUT2D eigenvalue weighted by molar-refractivity contribution is -0.137. The number of ether oxygens (including phenoxy) is 2. The molecule has 37 heavy (non-hydrogen) atoms. The predicted octanol–water partition coefficient (Wildman–Crippen LogP) is 4.17. The van der Waals surface area contributed by atoms with E-state index in [9.17, 15) is 23.6 Å². The second-order valence-corrected chi connectivity index (χ2v) is 11.9. The number of aryl methyl sites for hydroxylation is 1. The zero-order valence-corrected chi connectivity index (χ0v) is 21.9. The van der Waals surface area contributed by atoms with Crippen molar-refractivity contribution in [1.29, 1.82) is 5.26 Å². The van der Waals surface area contributed by atoms with E-state index in [-0.39, 0.29) is 17.0 Å². The van der Waals surface area contributed by atoms with Gasteiger partial charge in [-0.2, -0.15) is 9.57 Å². The van der Waals surface area contributed by atoms with Crippen molar-refractivity contribution in [1.82, 2.24) is 4.31 Å². The Balaban J connectivity index is 1.65. The molecular formula is C28H30N2O6S. The molecule has 2 aromatic carbocycles. The van der Waals surface area contributed by atoms with Gasteiger partial charge < -0.3 is 14.6 Å². The summed E-state index contributed by atoms with van der Waals surface area (Å²) in [5.41, 5.74) is 1.51. The molecule has 4 rings (SSSR count).